The lowest BCUT2D eigenvalue weighted by atomic mass is 9.83. The van der Waals surface area contributed by atoms with Gasteiger partial charge in [0.2, 0.25) is 0 Å². The van der Waals surface area contributed by atoms with Gasteiger partial charge in [0, 0.05) is 17.9 Å². The second-order valence-electron chi connectivity index (χ2n) is 4.02. The third-order valence-corrected chi connectivity index (χ3v) is 2.85. The molecule has 15 heavy (non-hydrogen) atoms. The Balaban J connectivity index is 2.66. The van der Waals surface area contributed by atoms with Gasteiger partial charge in [-0.2, -0.15) is 0 Å². The summed E-state index contributed by atoms with van der Waals surface area (Å²) in [6, 6.07) is 0. The van der Waals surface area contributed by atoms with Gasteiger partial charge in [-0.25, -0.2) is 4.79 Å². The molecule has 1 aliphatic carbocycles. The van der Waals surface area contributed by atoms with Crippen LogP contribution in [0.1, 0.15) is 45.4 Å². The van der Waals surface area contributed by atoms with Gasteiger partial charge in [-0.1, -0.05) is 19.4 Å². The molecule has 0 heterocycles. The molecule has 1 aliphatic rings. The Morgan fingerprint density at radius 3 is 2.87 bits per heavy atom. The van der Waals surface area contributed by atoms with E-state index in [0.29, 0.717) is 18.4 Å². The van der Waals surface area contributed by atoms with Crippen molar-refractivity contribution in [3.8, 4) is 0 Å². The number of allylic oxidation sites excluding steroid dienone is 1. The molecule has 0 bridgehead atoms. The highest BCUT2D eigenvalue weighted by Crippen LogP contribution is 2.27. The molecule has 1 unspecified atom stereocenters. The van der Waals surface area contributed by atoms with Crippen LogP contribution < -0.4 is 0 Å². The average molecular weight is 210 g/mol. The summed E-state index contributed by atoms with van der Waals surface area (Å²) in [5.41, 5.74) is 0.322. The fourth-order valence-corrected chi connectivity index (χ4v) is 1.97. The Kier molecular flexibility index (Phi) is 4.53. The largest absolute Gasteiger partial charge is 0.478 e. The van der Waals surface area contributed by atoms with Crippen molar-refractivity contribution in [2.24, 2.45) is 5.92 Å². The highest BCUT2D eigenvalue weighted by molar-refractivity contribution is 5.96. The van der Waals surface area contributed by atoms with E-state index in [2.05, 4.69) is 0 Å². The molecule has 84 valence electrons. The molecule has 0 aromatic rings. The minimum absolute atomic E-state index is 0.102. The van der Waals surface area contributed by atoms with E-state index in [1.807, 2.05) is 6.92 Å². The summed E-state index contributed by atoms with van der Waals surface area (Å²) in [4.78, 5) is 22.7. The molecule has 0 aromatic carbocycles. The number of unbranched alkanes of at least 4 members (excludes halogenated alkanes) is 1. The highest BCUT2D eigenvalue weighted by atomic mass is 16.4. The Labute approximate surface area is 90.2 Å². The van der Waals surface area contributed by atoms with E-state index in [4.69, 9.17) is 5.11 Å². The summed E-state index contributed by atoms with van der Waals surface area (Å²) >= 11 is 0. The topological polar surface area (TPSA) is 54.4 Å². The predicted molar refractivity (Wildman–Crippen MR) is 57.6 cm³/mol. The lowest BCUT2D eigenvalue weighted by Gasteiger charge is -2.20. The first-order valence-corrected chi connectivity index (χ1v) is 5.63. The fraction of sp³-hybridized carbons (Fsp3) is 0.667. The van der Waals surface area contributed by atoms with Crippen molar-refractivity contribution in [2.45, 2.75) is 45.4 Å². The summed E-state index contributed by atoms with van der Waals surface area (Å²) in [5, 5.41) is 8.96. The van der Waals surface area contributed by atoms with E-state index in [1.165, 1.54) is 0 Å². The van der Waals surface area contributed by atoms with Crippen LogP contribution in [-0.4, -0.2) is 16.9 Å². The maximum atomic E-state index is 11.8. The number of rotatable bonds is 5. The molecule has 1 N–H and O–H groups in total. The van der Waals surface area contributed by atoms with Crippen molar-refractivity contribution in [3.05, 3.63) is 11.6 Å². The molecule has 1 rings (SSSR count). The Hall–Kier alpha value is -1.12. The number of ketones is 1. The van der Waals surface area contributed by atoms with Gasteiger partial charge in [0.15, 0.2) is 0 Å². The molecule has 0 aromatic heterocycles. The number of Topliss-reactive ketones (excluding diaryl/α,β-unsaturated/α-hetero) is 1. The van der Waals surface area contributed by atoms with Crippen LogP contribution in [0.25, 0.3) is 0 Å². The van der Waals surface area contributed by atoms with Gasteiger partial charge in [-0.15, -0.1) is 0 Å². The van der Waals surface area contributed by atoms with Crippen molar-refractivity contribution in [1.82, 2.24) is 0 Å². The van der Waals surface area contributed by atoms with Crippen LogP contribution >= 0.6 is 0 Å². The van der Waals surface area contributed by atoms with Crippen LogP contribution in [0, 0.1) is 5.92 Å². The molecule has 0 spiro atoms. The smallest absolute Gasteiger partial charge is 0.331 e. The van der Waals surface area contributed by atoms with Gasteiger partial charge in [0.25, 0.3) is 0 Å². The predicted octanol–water partition coefficient (Wildman–Crippen LogP) is 2.56. The first-order chi connectivity index (χ1) is 7.16. The van der Waals surface area contributed by atoms with Crippen LogP contribution in [0.15, 0.2) is 11.6 Å². The van der Waals surface area contributed by atoms with Gasteiger partial charge in [0.1, 0.15) is 5.78 Å². The summed E-state index contributed by atoms with van der Waals surface area (Å²) in [5.74, 6) is -1.17. The van der Waals surface area contributed by atoms with Crippen molar-refractivity contribution in [1.29, 1.82) is 0 Å². The van der Waals surface area contributed by atoms with Gasteiger partial charge >= 0.3 is 5.97 Å². The molecular weight excluding hydrogens is 192 g/mol. The SMILES string of the molecule is CCCCC(=O)C1CCCC=C1C(=O)O. The van der Waals surface area contributed by atoms with Crippen LogP contribution in [0.5, 0.6) is 0 Å². The monoisotopic (exact) mass is 210 g/mol. The normalized spacial score (nSPS) is 20.9. The minimum atomic E-state index is -0.926. The first kappa shape index (κ1) is 12.0. The van der Waals surface area contributed by atoms with Crippen molar-refractivity contribution < 1.29 is 14.7 Å². The number of carboxylic acids is 1. The molecule has 3 heteroatoms. The van der Waals surface area contributed by atoms with Gasteiger partial charge in [-0.05, 0) is 25.7 Å². The maximum absolute atomic E-state index is 11.8. The van der Waals surface area contributed by atoms with E-state index in [1.54, 1.807) is 6.08 Å². The van der Waals surface area contributed by atoms with E-state index < -0.39 is 5.97 Å². The second-order valence-corrected chi connectivity index (χ2v) is 4.02. The lowest BCUT2D eigenvalue weighted by molar-refractivity contribution is -0.135. The number of hydrogen-bond acceptors (Lipinski definition) is 2. The molecule has 3 nitrogen and oxygen atoms in total. The van der Waals surface area contributed by atoms with Gasteiger partial charge < -0.3 is 5.11 Å². The summed E-state index contributed by atoms with van der Waals surface area (Å²) in [6.07, 6.45) is 6.50. The Bertz CT molecular complexity index is 279. The number of carbonyl (C=O) groups excluding carboxylic acids is 1. The molecule has 0 saturated carbocycles. The van der Waals surface area contributed by atoms with Crippen LogP contribution in [0.4, 0.5) is 0 Å². The number of hydrogen-bond donors (Lipinski definition) is 1. The van der Waals surface area contributed by atoms with E-state index in [9.17, 15) is 9.59 Å². The molecule has 0 aliphatic heterocycles. The van der Waals surface area contributed by atoms with Crippen molar-refractivity contribution in [3.63, 3.8) is 0 Å². The summed E-state index contributed by atoms with van der Waals surface area (Å²) in [6.45, 7) is 2.03. The van der Waals surface area contributed by atoms with Crippen molar-refractivity contribution >= 4 is 11.8 Å². The number of carboxylic acid groups (broad SMARTS) is 1. The minimum Gasteiger partial charge on any atom is -0.478 e. The first-order valence-electron chi connectivity index (χ1n) is 5.63. The van der Waals surface area contributed by atoms with E-state index in [0.717, 1.165) is 25.7 Å². The quantitative estimate of drug-likeness (QED) is 0.758. The van der Waals surface area contributed by atoms with E-state index in [-0.39, 0.29) is 11.7 Å². The van der Waals surface area contributed by atoms with Gasteiger partial charge in [0.05, 0.1) is 0 Å². The molecule has 0 radical (unpaired) electrons. The Morgan fingerprint density at radius 1 is 1.53 bits per heavy atom. The van der Waals surface area contributed by atoms with E-state index >= 15 is 0 Å². The third kappa shape index (κ3) is 3.18. The standard InChI is InChI=1S/C12H18O3/c1-2-3-8-11(13)9-6-4-5-7-10(9)12(14)15/h7,9H,2-6,8H2,1H3,(H,14,15). The molecule has 0 saturated heterocycles. The van der Waals surface area contributed by atoms with Crippen LogP contribution in [-0.2, 0) is 9.59 Å². The summed E-state index contributed by atoms with van der Waals surface area (Å²) < 4.78 is 0. The maximum Gasteiger partial charge on any atom is 0.331 e. The summed E-state index contributed by atoms with van der Waals surface area (Å²) in [7, 11) is 0. The zero-order chi connectivity index (χ0) is 11.3. The fourth-order valence-electron chi connectivity index (χ4n) is 1.97. The zero-order valence-electron chi connectivity index (χ0n) is 9.16. The zero-order valence-corrected chi connectivity index (χ0v) is 9.16. The average Bonchev–Trinajstić information content (AvgIpc) is 2.25. The van der Waals surface area contributed by atoms with Crippen molar-refractivity contribution in [2.75, 3.05) is 0 Å². The third-order valence-electron chi connectivity index (χ3n) is 2.85. The second kappa shape index (κ2) is 5.69. The van der Waals surface area contributed by atoms with Gasteiger partial charge in [-0.3, -0.25) is 4.79 Å². The van der Waals surface area contributed by atoms with Crippen LogP contribution in [0.3, 0.4) is 0 Å². The van der Waals surface area contributed by atoms with Crippen LogP contribution in [0.2, 0.25) is 0 Å². The highest BCUT2D eigenvalue weighted by Gasteiger charge is 2.28. The molecule has 0 fully saturated rings. The molecule has 0 amide bonds. The number of carbonyl (C=O) groups is 2. The lowest BCUT2D eigenvalue weighted by Crippen LogP contribution is -2.23. The molecule has 1 atom stereocenters. The molecular formula is C12H18O3. The number of aliphatic carboxylic acids is 1. The Morgan fingerprint density at radius 2 is 2.27 bits per heavy atom.